The number of hydrogen-bond donors (Lipinski definition) is 1. The van der Waals surface area contributed by atoms with Gasteiger partial charge in [-0.25, -0.2) is 4.68 Å². The fraction of sp³-hybridized carbons (Fsp3) is 0.200. The summed E-state index contributed by atoms with van der Waals surface area (Å²) in [5, 5.41) is 4.26. The van der Waals surface area contributed by atoms with Crippen molar-refractivity contribution in [1.29, 1.82) is 0 Å². The second-order valence-corrected chi connectivity index (χ2v) is 3.55. The van der Waals surface area contributed by atoms with E-state index in [0.717, 1.165) is 0 Å². The molecule has 0 bridgehead atoms. The molecular weight excluding hydrogens is 208 g/mol. The average Bonchev–Trinajstić information content (AvgIpc) is 2.81. The minimum Gasteiger partial charge on any atom is -0.476 e. The van der Waals surface area contributed by atoms with Gasteiger partial charge in [0.25, 0.3) is 5.56 Å². The van der Waals surface area contributed by atoms with E-state index in [1.165, 1.54) is 4.57 Å². The van der Waals surface area contributed by atoms with Gasteiger partial charge in [-0.3, -0.25) is 9.36 Å². The fourth-order valence-electron chi connectivity index (χ4n) is 1.71. The number of pyridine rings is 1. The molecule has 2 aromatic rings. The lowest BCUT2D eigenvalue weighted by Crippen LogP contribution is -2.21. The maximum Gasteiger partial charge on any atom is 0.279 e. The predicted octanol–water partition coefficient (Wildman–Crippen LogP) is 0.00860. The molecule has 0 amide bonds. The highest BCUT2D eigenvalue weighted by molar-refractivity contribution is 5.38. The van der Waals surface area contributed by atoms with Crippen LogP contribution >= 0.6 is 0 Å². The van der Waals surface area contributed by atoms with Crippen LogP contribution in [0.15, 0.2) is 29.2 Å². The van der Waals surface area contributed by atoms with Crippen molar-refractivity contribution < 1.29 is 4.74 Å². The smallest absolute Gasteiger partial charge is 0.279 e. The van der Waals surface area contributed by atoms with Gasteiger partial charge in [0, 0.05) is 12.3 Å². The van der Waals surface area contributed by atoms with Gasteiger partial charge < -0.3 is 10.5 Å². The van der Waals surface area contributed by atoms with Crippen LogP contribution in [0, 0.1) is 0 Å². The molecule has 0 radical (unpaired) electrons. The topological polar surface area (TPSA) is 75.1 Å². The largest absolute Gasteiger partial charge is 0.476 e. The van der Waals surface area contributed by atoms with Crippen LogP contribution in [0.25, 0.3) is 5.82 Å². The first kappa shape index (κ1) is 9.02. The summed E-state index contributed by atoms with van der Waals surface area (Å²) in [6.45, 7) is 1.35. The van der Waals surface area contributed by atoms with Crippen LogP contribution in [0.1, 0.15) is 0 Å². The molecule has 1 aliphatic rings. The third kappa shape index (κ3) is 1.19. The molecule has 2 aromatic heterocycles. The van der Waals surface area contributed by atoms with Crippen LogP contribution < -0.4 is 16.0 Å². The normalized spacial score (nSPS) is 13.5. The monoisotopic (exact) mass is 218 g/mol. The van der Waals surface area contributed by atoms with E-state index >= 15 is 0 Å². The predicted molar refractivity (Wildman–Crippen MR) is 57.7 cm³/mol. The van der Waals surface area contributed by atoms with Gasteiger partial charge in [0.1, 0.15) is 6.61 Å². The SMILES string of the molecule is Nc1cccn(-c2cc3n(n2)CCO3)c1=O. The van der Waals surface area contributed by atoms with Crippen molar-refractivity contribution in [2.75, 3.05) is 12.3 Å². The molecule has 16 heavy (non-hydrogen) atoms. The van der Waals surface area contributed by atoms with Gasteiger partial charge in [0.15, 0.2) is 5.82 Å². The number of ether oxygens (including phenoxy) is 1. The second kappa shape index (κ2) is 3.13. The van der Waals surface area contributed by atoms with E-state index in [1.54, 1.807) is 29.1 Å². The number of nitrogens with zero attached hydrogens (tertiary/aromatic N) is 3. The lowest BCUT2D eigenvalue weighted by atomic mass is 10.4. The Balaban J connectivity index is 2.15. The summed E-state index contributed by atoms with van der Waals surface area (Å²) < 4.78 is 8.46. The fourth-order valence-corrected chi connectivity index (χ4v) is 1.71. The number of hydrogen-bond acceptors (Lipinski definition) is 4. The van der Waals surface area contributed by atoms with E-state index in [0.29, 0.717) is 24.8 Å². The Morgan fingerprint density at radius 1 is 1.50 bits per heavy atom. The highest BCUT2D eigenvalue weighted by atomic mass is 16.5. The van der Waals surface area contributed by atoms with Crippen LogP contribution in [-0.4, -0.2) is 21.0 Å². The average molecular weight is 218 g/mol. The Morgan fingerprint density at radius 3 is 3.19 bits per heavy atom. The molecule has 0 atom stereocenters. The zero-order chi connectivity index (χ0) is 11.1. The molecule has 0 aliphatic carbocycles. The van der Waals surface area contributed by atoms with Crippen LogP contribution in [0.5, 0.6) is 5.88 Å². The molecule has 0 saturated heterocycles. The molecule has 82 valence electrons. The molecule has 6 nitrogen and oxygen atoms in total. The molecular formula is C10H10N4O2. The Morgan fingerprint density at radius 2 is 2.38 bits per heavy atom. The van der Waals surface area contributed by atoms with E-state index in [-0.39, 0.29) is 11.2 Å². The number of aromatic nitrogens is 3. The third-order valence-corrected chi connectivity index (χ3v) is 2.51. The zero-order valence-corrected chi connectivity index (χ0v) is 8.46. The number of anilines is 1. The van der Waals surface area contributed by atoms with Crippen molar-refractivity contribution in [3.63, 3.8) is 0 Å². The molecule has 3 heterocycles. The third-order valence-electron chi connectivity index (χ3n) is 2.51. The van der Waals surface area contributed by atoms with Crippen molar-refractivity contribution in [3.8, 4) is 11.7 Å². The maximum atomic E-state index is 11.7. The maximum absolute atomic E-state index is 11.7. The lowest BCUT2D eigenvalue weighted by molar-refractivity contribution is 0.356. The number of nitrogen functional groups attached to an aromatic ring is 1. The molecule has 0 unspecified atom stereocenters. The van der Waals surface area contributed by atoms with Crippen LogP contribution in [-0.2, 0) is 6.54 Å². The Hall–Kier alpha value is -2.24. The minimum atomic E-state index is -0.265. The van der Waals surface area contributed by atoms with Crippen LogP contribution in [0.4, 0.5) is 5.69 Å². The Labute approximate surface area is 90.9 Å². The van der Waals surface area contributed by atoms with Crippen molar-refractivity contribution in [1.82, 2.24) is 14.3 Å². The van der Waals surface area contributed by atoms with Gasteiger partial charge >= 0.3 is 0 Å². The van der Waals surface area contributed by atoms with Crippen LogP contribution in [0.3, 0.4) is 0 Å². The first-order valence-electron chi connectivity index (χ1n) is 4.94. The van der Waals surface area contributed by atoms with E-state index in [4.69, 9.17) is 10.5 Å². The Kier molecular flexibility index (Phi) is 1.76. The van der Waals surface area contributed by atoms with Gasteiger partial charge in [-0.1, -0.05) is 0 Å². The molecule has 3 rings (SSSR count). The highest BCUT2D eigenvalue weighted by Gasteiger charge is 2.16. The van der Waals surface area contributed by atoms with Gasteiger partial charge in [-0.2, -0.15) is 5.10 Å². The van der Waals surface area contributed by atoms with E-state index < -0.39 is 0 Å². The molecule has 0 aromatic carbocycles. The minimum absolute atomic E-state index is 0.205. The van der Waals surface area contributed by atoms with Crippen LogP contribution in [0.2, 0.25) is 0 Å². The molecule has 2 N–H and O–H groups in total. The van der Waals surface area contributed by atoms with Crippen molar-refractivity contribution >= 4 is 5.69 Å². The van der Waals surface area contributed by atoms with Gasteiger partial charge in [-0.15, -0.1) is 0 Å². The van der Waals surface area contributed by atoms with Gasteiger partial charge in [0.05, 0.1) is 12.2 Å². The van der Waals surface area contributed by atoms with Crippen molar-refractivity contribution in [3.05, 3.63) is 34.7 Å². The van der Waals surface area contributed by atoms with Crippen molar-refractivity contribution in [2.45, 2.75) is 6.54 Å². The summed E-state index contributed by atoms with van der Waals surface area (Å²) in [6, 6.07) is 5.01. The second-order valence-electron chi connectivity index (χ2n) is 3.55. The van der Waals surface area contributed by atoms with E-state index in [9.17, 15) is 4.79 Å². The Bertz CT molecular complexity index is 578. The number of rotatable bonds is 1. The van der Waals surface area contributed by atoms with E-state index in [1.807, 2.05) is 0 Å². The lowest BCUT2D eigenvalue weighted by Gasteiger charge is -2.01. The zero-order valence-electron chi connectivity index (χ0n) is 8.46. The molecule has 0 fully saturated rings. The highest BCUT2D eigenvalue weighted by Crippen LogP contribution is 2.19. The summed E-state index contributed by atoms with van der Waals surface area (Å²) in [7, 11) is 0. The van der Waals surface area contributed by atoms with Gasteiger partial charge in [-0.05, 0) is 12.1 Å². The van der Waals surface area contributed by atoms with Crippen molar-refractivity contribution in [2.24, 2.45) is 0 Å². The molecule has 6 heteroatoms. The summed E-state index contributed by atoms with van der Waals surface area (Å²) >= 11 is 0. The quantitative estimate of drug-likeness (QED) is 0.731. The molecule has 0 spiro atoms. The summed E-state index contributed by atoms with van der Waals surface area (Å²) in [5.41, 5.74) is 5.49. The van der Waals surface area contributed by atoms with Gasteiger partial charge in [0.2, 0.25) is 5.88 Å². The summed E-state index contributed by atoms with van der Waals surface area (Å²) in [6.07, 6.45) is 1.64. The number of fused-ring (bicyclic) bond motifs is 1. The number of nitrogens with two attached hydrogens (primary N) is 1. The molecule has 0 saturated carbocycles. The van der Waals surface area contributed by atoms with E-state index in [2.05, 4.69) is 5.10 Å². The standard InChI is InChI=1S/C10H10N4O2/c11-7-2-1-3-13(10(7)15)8-6-9-14(12-8)4-5-16-9/h1-3,6H,4-5,11H2. The molecule has 1 aliphatic heterocycles. The summed E-state index contributed by atoms with van der Waals surface area (Å²) in [4.78, 5) is 11.7. The summed E-state index contributed by atoms with van der Waals surface area (Å²) in [5.74, 6) is 1.22. The first-order chi connectivity index (χ1) is 7.75. The first-order valence-corrected chi connectivity index (χ1v) is 4.94.